The lowest BCUT2D eigenvalue weighted by Crippen LogP contribution is -2.24. The Kier molecular flexibility index (Phi) is 2.49. The van der Waals surface area contributed by atoms with E-state index in [1.807, 2.05) is 0 Å². The fraction of sp³-hybridized carbons (Fsp3) is 0.100. The second-order valence-electron chi connectivity index (χ2n) is 3.92. The van der Waals surface area contributed by atoms with Gasteiger partial charge in [-0.2, -0.15) is 10.1 Å². The van der Waals surface area contributed by atoms with Gasteiger partial charge >= 0.3 is 11.9 Å². The molecule has 1 aliphatic heterocycles. The summed E-state index contributed by atoms with van der Waals surface area (Å²) in [5, 5.41) is 26.2. The highest BCUT2D eigenvalue weighted by atomic mass is 16.6. The molecule has 0 fully saturated rings. The van der Waals surface area contributed by atoms with Gasteiger partial charge in [0.1, 0.15) is 28.7 Å². The van der Waals surface area contributed by atoms with Crippen molar-refractivity contribution in [3.63, 3.8) is 0 Å². The summed E-state index contributed by atoms with van der Waals surface area (Å²) in [4.78, 5) is 24.9. The Morgan fingerprint density at radius 3 is 3.00 bits per heavy atom. The van der Waals surface area contributed by atoms with Crippen molar-refractivity contribution in [2.24, 2.45) is 0 Å². The number of carboxylic acid groups (broad SMARTS) is 1. The van der Waals surface area contributed by atoms with Crippen molar-refractivity contribution in [3.8, 4) is 0 Å². The van der Waals surface area contributed by atoms with Crippen LogP contribution in [0.15, 0.2) is 34.7 Å². The van der Waals surface area contributed by atoms with Gasteiger partial charge in [-0.3, -0.25) is 10.1 Å². The molecule has 102 valence electrons. The summed E-state index contributed by atoms with van der Waals surface area (Å²) in [5.41, 5.74) is -0.102. The first-order valence-electron chi connectivity index (χ1n) is 5.42. The molecule has 1 aliphatic rings. The minimum absolute atomic E-state index is 0.102. The van der Waals surface area contributed by atoms with Crippen molar-refractivity contribution in [3.05, 3.63) is 46.1 Å². The number of fused-ring (bicyclic) bond motifs is 1. The van der Waals surface area contributed by atoms with Crippen LogP contribution in [0, 0.1) is 10.1 Å². The Morgan fingerprint density at radius 1 is 1.55 bits per heavy atom. The third kappa shape index (κ3) is 1.79. The average molecular weight is 277 g/mol. The number of nitro groups is 1. The lowest BCUT2D eigenvalue weighted by Gasteiger charge is -2.20. The van der Waals surface area contributed by atoms with E-state index in [0.29, 0.717) is 0 Å². The molecular formula is C10H7N5O5. The Hall–Kier alpha value is -3.17. The monoisotopic (exact) mass is 277 g/mol. The first kappa shape index (κ1) is 11.9. The zero-order valence-electron chi connectivity index (χ0n) is 9.76. The summed E-state index contributed by atoms with van der Waals surface area (Å²) in [6, 6.07) is 1.88. The summed E-state index contributed by atoms with van der Waals surface area (Å²) in [5.74, 6) is -1.19. The number of carbonyl (C=O) groups is 1. The molecule has 0 saturated carbocycles. The van der Waals surface area contributed by atoms with Crippen LogP contribution in [0.4, 0.5) is 11.8 Å². The zero-order chi connectivity index (χ0) is 14.3. The van der Waals surface area contributed by atoms with Crippen LogP contribution in [-0.4, -0.2) is 30.8 Å². The molecule has 0 amide bonds. The number of nitrogens with zero attached hydrogens (tertiary/aromatic N) is 4. The van der Waals surface area contributed by atoms with E-state index in [0.717, 1.165) is 0 Å². The molecule has 3 rings (SSSR count). The molecule has 2 aromatic heterocycles. The molecule has 3 heterocycles. The number of nitrogens with one attached hydrogen (secondary N) is 1. The smallest absolute Gasteiger partial charge is 0.433 e. The van der Waals surface area contributed by atoms with Gasteiger partial charge in [0, 0.05) is 0 Å². The number of rotatable bonds is 3. The van der Waals surface area contributed by atoms with Crippen molar-refractivity contribution in [1.82, 2.24) is 14.8 Å². The van der Waals surface area contributed by atoms with Crippen molar-refractivity contribution >= 4 is 17.8 Å². The summed E-state index contributed by atoms with van der Waals surface area (Å²) >= 11 is 0. The number of furan rings is 1. The van der Waals surface area contributed by atoms with E-state index in [-0.39, 0.29) is 17.4 Å². The van der Waals surface area contributed by atoms with Crippen LogP contribution >= 0.6 is 0 Å². The maximum absolute atomic E-state index is 11.0. The van der Waals surface area contributed by atoms with E-state index in [1.54, 1.807) is 0 Å². The predicted molar refractivity (Wildman–Crippen MR) is 62.9 cm³/mol. The first-order chi connectivity index (χ1) is 9.56. The third-order valence-electron chi connectivity index (χ3n) is 2.72. The molecule has 0 aromatic carbocycles. The van der Waals surface area contributed by atoms with Gasteiger partial charge < -0.3 is 14.8 Å². The third-order valence-corrected chi connectivity index (χ3v) is 2.72. The number of allylic oxidation sites excluding steroid dienone is 1. The van der Waals surface area contributed by atoms with Gasteiger partial charge in [0.25, 0.3) is 0 Å². The van der Waals surface area contributed by atoms with Gasteiger partial charge in [0.15, 0.2) is 0 Å². The lowest BCUT2D eigenvalue weighted by molar-refractivity contribution is -0.402. The molecule has 1 unspecified atom stereocenters. The number of anilines is 1. The summed E-state index contributed by atoms with van der Waals surface area (Å²) < 4.78 is 6.46. The summed E-state index contributed by atoms with van der Waals surface area (Å²) in [7, 11) is 0. The van der Waals surface area contributed by atoms with Gasteiger partial charge in [-0.1, -0.05) is 0 Å². The number of aliphatic carboxylic acids is 1. The maximum Gasteiger partial charge on any atom is 0.433 e. The molecule has 10 heteroatoms. The molecule has 0 aliphatic carbocycles. The van der Waals surface area contributed by atoms with E-state index >= 15 is 0 Å². The molecule has 2 aromatic rings. The fourth-order valence-electron chi connectivity index (χ4n) is 1.86. The van der Waals surface area contributed by atoms with E-state index in [2.05, 4.69) is 15.4 Å². The van der Waals surface area contributed by atoms with Crippen molar-refractivity contribution < 1.29 is 19.2 Å². The van der Waals surface area contributed by atoms with Crippen LogP contribution in [0.2, 0.25) is 0 Å². The minimum Gasteiger partial charge on any atom is -0.477 e. The largest absolute Gasteiger partial charge is 0.477 e. The predicted octanol–water partition coefficient (Wildman–Crippen LogP) is 0.763. The highest BCUT2D eigenvalue weighted by Crippen LogP contribution is 2.30. The maximum atomic E-state index is 11.0. The SMILES string of the molecule is O=C(O)C1=CC(c2ccc([N+](=O)[O-])o2)n2ncnc2N1. The standard InChI is InChI=1S/C10H7N5O5/c16-9(17)5-3-6(14-10(13-5)11-4-12-14)7-1-2-8(20-7)15(18)19/h1-4,6H,(H,16,17)(H,11,12,13). The molecule has 0 saturated heterocycles. The first-order valence-corrected chi connectivity index (χ1v) is 5.42. The van der Waals surface area contributed by atoms with Gasteiger partial charge in [-0.15, -0.1) is 0 Å². The highest BCUT2D eigenvalue weighted by Gasteiger charge is 2.28. The number of aromatic nitrogens is 3. The van der Waals surface area contributed by atoms with E-state index in [1.165, 1.54) is 29.2 Å². The second kappa shape index (κ2) is 4.19. The highest BCUT2D eigenvalue weighted by molar-refractivity contribution is 5.90. The Bertz CT molecular complexity index is 730. The number of hydrogen-bond donors (Lipinski definition) is 2. The molecule has 1 atom stereocenters. The molecule has 20 heavy (non-hydrogen) atoms. The second-order valence-corrected chi connectivity index (χ2v) is 3.92. The summed E-state index contributed by atoms with van der Waals surface area (Å²) in [6.45, 7) is 0. The van der Waals surface area contributed by atoms with E-state index in [4.69, 9.17) is 9.52 Å². The van der Waals surface area contributed by atoms with Gasteiger partial charge in [-0.05, 0) is 12.1 Å². The Balaban J connectivity index is 2.06. The van der Waals surface area contributed by atoms with E-state index in [9.17, 15) is 14.9 Å². The normalized spacial score (nSPS) is 17.0. The minimum atomic E-state index is -1.18. The number of hydrogen-bond acceptors (Lipinski definition) is 7. The van der Waals surface area contributed by atoms with Crippen LogP contribution in [0.3, 0.4) is 0 Å². The van der Waals surface area contributed by atoms with Crippen molar-refractivity contribution in [2.75, 3.05) is 5.32 Å². The lowest BCUT2D eigenvalue weighted by atomic mass is 10.1. The van der Waals surface area contributed by atoms with Gasteiger partial charge in [-0.25, -0.2) is 9.48 Å². The summed E-state index contributed by atoms with van der Waals surface area (Å²) in [6.07, 6.45) is 2.58. The van der Waals surface area contributed by atoms with Crippen LogP contribution in [-0.2, 0) is 4.79 Å². The zero-order valence-corrected chi connectivity index (χ0v) is 9.76. The van der Waals surface area contributed by atoms with E-state index < -0.39 is 22.8 Å². The quantitative estimate of drug-likeness (QED) is 0.619. The molecule has 0 bridgehead atoms. The molecular weight excluding hydrogens is 270 g/mol. The fourth-order valence-corrected chi connectivity index (χ4v) is 1.86. The molecule has 2 N–H and O–H groups in total. The average Bonchev–Trinajstić information content (AvgIpc) is 3.06. The number of carboxylic acids is 1. The van der Waals surface area contributed by atoms with Gasteiger partial charge in [0.05, 0.1) is 6.07 Å². The van der Waals surface area contributed by atoms with Gasteiger partial charge in [0.2, 0.25) is 5.95 Å². The topological polar surface area (TPSA) is 136 Å². The molecule has 0 radical (unpaired) electrons. The van der Waals surface area contributed by atoms with Crippen LogP contribution < -0.4 is 5.32 Å². The van der Waals surface area contributed by atoms with Crippen LogP contribution in [0.5, 0.6) is 0 Å². The Labute approximate surface area is 110 Å². The Morgan fingerprint density at radius 2 is 2.35 bits per heavy atom. The molecule has 0 spiro atoms. The molecule has 10 nitrogen and oxygen atoms in total. The van der Waals surface area contributed by atoms with Crippen LogP contribution in [0.25, 0.3) is 0 Å². The van der Waals surface area contributed by atoms with Crippen LogP contribution in [0.1, 0.15) is 11.8 Å². The van der Waals surface area contributed by atoms with Crippen molar-refractivity contribution in [1.29, 1.82) is 0 Å². The van der Waals surface area contributed by atoms with Crippen molar-refractivity contribution in [2.45, 2.75) is 6.04 Å².